The minimum atomic E-state index is -3.38. The monoisotopic (exact) mass is 506 g/mol. The van der Waals surface area contributed by atoms with Crippen LogP contribution in [0.3, 0.4) is 0 Å². The first kappa shape index (κ1) is 23.2. The van der Waals surface area contributed by atoms with Gasteiger partial charge >= 0.3 is 0 Å². The molecule has 1 saturated carbocycles. The van der Waals surface area contributed by atoms with E-state index in [2.05, 4.69) is 20.3 Å². The van der Waals surface area contributed by atoms with Crippen LogP contribution in [0.15, 0.2) is 60.8 Å². The maximum absolute atomic E-state index is 12.1. The summed E-state index contributed by atoms with van der Waals surface area (Å²) in [5.41, 5.74) is 3.64. The molecule has 0 amide bonds. The molecule has 1 aliphatic carbocycles. The predicted octanol–water partition coefficient (Wildman–Crippen LogP) is 6.51. The summed E-state index contributed by atoms with van der Waals surface area (Å²) in [4.78, 5) is 4.19. The first-order chi connectivity index (χ1) is 16.9. The maximum Gasteiger partial charge on any atom is 0.238 e. The summed E-state index contributed by atoms with van der Waals surface area (Å²) in [7, 11) is -3.38. The summed E-state index contributed by atoms with van der Waals surface area (Å²) >= 11 is 6.21. The molecule has 1 fully saturated rings. The van der Waals surface area contributed by atoms with Crippen molar-refractivity contribution in [2.75, 3.05) is 10.5 Å². The highest BCUT2D eigenvalue weighted by Gasteiger charge is 2.31. The highest BCUT2D eigenvalue weighted by atomic mass is 35.5. The minimum Gasteiger partial charge on any atom is -0.437 e. The lowest BCUT2D eigenvalue weighted by molar-refractivity contribution is 0.463. The topological polar surface area (TPSA) is 97.0 Å². The van der Waals surface area contributed by atoms with E-state index < -0.39 is 10.0 Å². The lowest BCUT2D eigenvalue weighted by Gasteiger charge is -2.12. The zero-order chi connectivity index (χ0) is 24.6. The van der Waals surface area contributed by atoms with Crippen LogP contribution in [0.4, 0.5) is 5.69 Å². The molecule has 7 nitrogen and oxygen atoms in total. The van der Waals surface area contributed by atoms with E-state index in [9.17, 15) is 13.7 Å². The van der Waals surface area contributed by atoms with Crippen LogP contribution in [-0.4, -0.2) is 23.7 Å². The van der Waals surface area contributed by atoms with Crippen molar-refractivity contribution in [1.29, 1.82) is 5.26 Å². The van der Waals surface area contributed by atoms with E-state index in [1.54, 1.807) is 36.5 Å². The summed E-state index contributed by atoms with van der Waals surface area (Å²) in [5, 5.41) is 11.3. The molecule has 2 heterocycles. The van der Waals surface area contributed by atoms with Crippen molar-refractivity contribution < 1.29 is 13.2 Å². The second kappa shape index (κ2) is 9.25. The van der Waals surface area contributed by atoms with Crippen molar-refractivity contribution in [3.05, 3.63) is 71.4 Å². The molecular formula is C26H23ClN4O3S. The molecule has 0 radical (unpaired) electrons. The first-order valence-corrected chi connectivity index (χ1v) is 13.4. The fourth-order valence-electron chi connectivity index (χ4n) is 4.22. The van der Waals surface area contributed by atoms with Gasteiger partial charge < -0.3 is 9.30 Å². The number of benzene rings is 2. The molecule has 4 aromatic rings. The number of hydrogen-bond acceptors (Lipinski definition) is 5. The Labute approximate surface area is 209 Å². The number of hydrogen-bond donors (Lipinski definition) is 1. The van der Waals surface area contributed by atoms with E-state index in [-0.39, 0.29) is 11.8 Å². The highest BCUT2D eigenvalue weighted by molar-refractivity contribution is 7.92. The average molecular weight is 507 g/mol. The lowest BCUT2D eigenvalue weighted by Crippen LogP contribution is -2.15. The fourth-order valence-corrected chi connectivity index (χ4v) is 5.51. The van der Waals surface area contributed by atoms with Crippen molar-refractivity contribution in [2.45, 2.75) is 32.2 Å². The molecular weight excluding hydrogens is 484 g/mol. The molecule has 0 spiro atoms. The van der Waals surface area contributed by atoms with E-state index in [1.165, 1.54) is 0 Å². The highest BCUT2D eigenvalue weighted by Crippen LogP contribution is 2.45. The van der Waals surface area contributed by atoms with Crippen LogP contribution in [0.2, 0.25) is 5.02 Å². The molecule has 5 rings (SSSR count). The SMILES string of the molecule is CCCS(=O)(=O)Nc1ccc(-c2c(C#N)c3ccc(Oc4ncccc4Cl)cc3n2C2CC2)cc1. The van der Waals surface area contributed by atoms with Crippen molar-refractivity contribution in [3.63, 3.8) is 0 Å². The van der Waals surface area contributed by atoms with Crippen LogP contribution >= 0.6 is 11.6 Å². The number of anilines is 1. The van der Waals surface area contributed by atoms with Gasteiger partial charge in [-0.25, -0.2) is 13.4 Å². The summed E-state index contributed by atoms with van der Waals surface area (Å²) in [6.45, 7) is 1.82. The van der Waals surface area contributed by atoms with Gasteiger partial charge in [0.1, 0.15) is 16.8 Å². The Morgan fingerprint density at radius 3 is 2.63 bits per heavy atom. The van der Waals surface area contributed by atoms with Gasteiger partial charge in [-0.1, -0.05) is 30.7 Å². The first-order valence-electron chi connectivity index (χ1n) is 11.4. The fraction of sp³-hybridized carbons (Fsp3) is 0.231. The number of ether oxygens (including phenoxy) is 1. The standard InChI is InChI=1S/C26H23ClN4O3S/c1-2-14-35(32,33)30-18-7-5-17(6-8-18)25-22(16-28)21-12-11-20(15-24(21)31(25)19-9-10-19)34-26-23(27)4-3-13-29-26/h3-8,11-13,15,19,30H,2,9-10,14H2,1H3. The summed E-state index contributed by atoms with van der Waals surface area (Å²) in [6.07, 6.45) is 4.20. The molecule has 2 aromatic carbocycles. The van der Waals surface area contributed by atoms with Crippen molar-refractivity contribution in [3.8, 4) is 29.0 Å². The van der Waals surface area contributed by atoms with E-state index in [0.29, 0.717) is 34.3 Å². The van der Waals surface area contributed by atoms with E-state index in [1.807, 2.05) is 31.2 Å². The third-order valence-corrected chi connectivity index (χ3v) is 7.62. The van der Waals surface area contributed by atoms with Gasteiger partial charge in [0.05, 0.1) is 22.5 Å². The van der Waals surface area contributed by atoms with Gasteiger partial charge in [0.15, 0.2) is 0 Å². The second-order valence-corrected chi connectivity index (χ2v) is 10.8. The number of fused-ring (bicyclic) bond motifs is 1. The van der Waals surface area contributed by atoms with Crippen molar-refractivity contribution in [2.24, 2.45) is 0 Å². The van der Waals surface area contributed by atoms with E-state index in [4.69, 9.17) is 16.3 Å². The van der Waals surface area contributed by atoms with Gasteiger partial charge in [0.2, 0.25) is 15.9 Å². The molecule has 0 saturated heterocycles. The van der Waals surface area contributed by atoms with Gasteiger partial charge in [0, 0.05) is 29.4 Å². The van der Waals surface area contributed by atoms with E-state index in [0.717, 1.165) is 35.0 Å². The molecule has 178 valence electrons. The molecule has 0 bridgehead atoms. The number of nitrogens with zero attached hydrogens (tertiary/aromatic N) is 3. The number of aromatic nitrogens is 2. The quantitative estimate of drug-likeness (QED) is 0.294. The Morgan fingerprint density at radius 1 is 1.20 bits per heavy atom. The Bertz CT molecular complexity index is 1550. The summed E-state index contributed by atoms with van der Waals surface area (Å²) in [5.74, 6) is 0.964. The van der Waals surface area contributed by atoms with Crippen LogP contribution in [0.1, 0.15) is 37.8 Å². The average Bonchev–Trinajstić information content (AvgIpc) is 3.62. The molecule has 1 aliphatic rings. The Hall–Kier alpha value is -3.54. The van der Waals surface area contributed by atoms with Gasteiger partial charge in [-0.2, -0.15) is 5.26 Å². The number of nitrogens with one attached hydrogen (secondary N) is 1. The molecule has 35 heavy (non-hydrogen) atoms. The molecule has 1 N–H and O–H groups in total. The lowest BCUT2D eigenvalue weighted by atomic mass is 10.1. The maximum atomic E-state index is 12.1. The van der Waals surface area contributed by atoms with Crippen LogP contribution in [0.5, 0.6) is 11.6 Å². The van der Waals surface area contributed by atoms with Gasteiger partial charge in [-0.3, -0.25) is 4.72 Å². The van der Waals surface area contributed by atoms with Crippen LogP contribution in [-0.2, 0) is 10.0 Å². The third kappa shape index (κ3) is 4.70. The van der Waals surface area contributed by atoms with Crippen LogP contribution < -0.4 is 9.46 Å². The number of rotatable bonds is 8. The zero-order valence-corrected chi connectivity index (χ0v) is 20.6. The van der Waals surface area contributed by atoms with Gasteiger partial charge in [0.25, 0.3) is 0 Å². The molecule has 2 aromatic heterocycles. The Kier molecular flexibility index (Phi) is 6.13. The van der Waals surface area contributed by atoms with Gasteiger partial charge in [-0.05, 0) is 61.2 Å². The number of nitriles is 1. The second-order valence-electron chi connectivity index (χ2n) is 8.51. The molecule has 0 atom stereocenters. The van der Waals surface area contributed by atoms with E-state index >= 15 is 0 Å². The predicted molar refractivity (Wildman–Crippen MR) is 137 cm³/mol. The van der Waals surface area contributed by atoms with Crippen molar-refractivity contribution in [1.82, 2.24) is 9.55 Å². The number of pyridine rings is 1. The number of sulfonamides is 1. The van der Waals surface area contributed by atoms with Crippen LogP contribution in [0.25, 0.3) is 22.2 Å². The minimum absolute atomic E-state index is 0.0668. The zero-order valence-electron chi connectivity index (χ0n) is 19.0. The van der Waals surface area contributed by atoms with Crippen molar-refractivity contribution >= 4 is 38.2 Å². The Morgan fingerprint density at radius 2 is 1.97 bits per heavy atom. The molecule has 0 unspecified atom stereocenters. The largest absolute Gasteiger partial charge is 0.437 e. The summed E-state index contributed by atoms with van der Waals surface area (Å²) < 4.78 is 35.0. The normalized spacial score (nSPS) is 13.5. The number of halogens is 1. The third-order valence-electron chi connectivity index (χ3n) is 5.84. The molecule has 9 heteroatoms. The Balaban J connectivity index is 1.57. The molecule has 0 aliphatic heterocycles. The van der Waals surface area contributed by atoms with Crippen LogP contribution in [0, 0.1) is 11.3 Å². The summed E-state index contributed by atoms with van der Waals surface area (Å²) in [6, 6.07) is 18.9. The smallest absolute Gasteiger partial charge is 0.238 e. The van der Waals surface area contributed by atoms with Gasteiger partial charge in [-0.15, -0.1) is 0 Å².